The van der Waals surface area contributed by atoms with E-state index in [9.17, 15) is 4.79 Å². The maximum Gasteiger partial charge on any atom is 0.221 e. The molecule has 0 saturated carbocycles. The van der Waals surface area contributed by atoms with Crippen LogP contribution in [-0.2, 0) is 4.79 Å². The van der Waals surface area contributed by atoms with Gasteiger partial charge in [0.05, 0.1) is 6.07 Å². The van der Waals surface area contributed by atoms with Crippen LogP contribution in [0.25, 0.3) is 0 Å². The Morgan fingerprint density at radius 2 is 2.25 bits per heavy atom. The van der Waals surface area contributed by atoms with Gasteiger partial charge in [0.25, 0.3) is 0 Å². The fourth-order valence-electron chi connectivity index (χ4n) is 0.829. The normalized spacial score (nSPS) is 11.8. The second-order valence-electron chi connectivity index (χ2n) is 2.76. The van der Waals surface area contributed by atoms with Crippen molar-refractivity contribution in [3.63, 3.8) is 0 Å². The summed E-state index contributed by atoms with van der Waals surface area (Å²) in [5.74, 6) is -0.00903. The molecule has 12 heavy (non-hydrogen) atoms. The fraction of sp³-hybridized carbons (Fsp3) is 0.778. The quantitative estimate of drug-likeness (QED) is 0.677. The van der Waals surface area contributed by atoms with Gasteiger partial charge in [-0.2, -0.15) is 5.26 Å². The lowest BCUT2D eigenvalue weighted by Crippen LogP contribution is -2.32. The van der Waals surface area contributed by atoms with E-state index in [0.717, 1.165) is 12.8 Å². The Bertz CT molecular complexity index is 172. The molecule has 0 aliphatic heterocycles. The second kappa shape index (κ2) is 6.66. The van der Waals surface area contributed by atoms with Crippen LogP contribution in [-0.4, -0.2) is 11.9 Å². The fourth-order valence-corrected chi connectivity index (χ4v) is 0.829. The van der Waals surface area contributed by atoms with Gasteiger partial charge in [-0.25, -0.2) is 0 Å². The van der Waals surface area contributed by atoms with Crippen molar-refractivity contribution in [3.8, 4) is 6.07 Å². The number of carbonyl (C=O) groups is 1. The third-order valence-corrected chi connectivity index (χ3v) is 1.66. The van der Waals surface area contributed by atoms with Gasteiger partial charge >= 0.3 is 0 Å². The minimum atomic E-state index is -0.311. The number of carbonyl (C=O) groups excluding carboxylic acids is 1. The molecular weight excluding hydrogens is 152 g/mol. The molecule has 0 fully saturated rings. The highest BCUT2D eigenvalue weighted by atomic mass is 16.1. The van der Waals surface area contributed by atoms with Gasteiger partial charge in [-0.05, 0) is 12.8 Å². The number of rotatable bonds is 5. The van der Waals surface area contributed by atoms with Crippen LogP contribution in [0, 0.1) is 11.3 Å². The van der Waals surface area contributed by atoms with Gasteiger partial charge in [0.2, 0.25) is 5.91 Å². The molecule has 0 bridgehead atoms. The monoisotopic (exact) mass is 168 g/mol. The summed E-state index contributed by atoms with van der Waals surface area (Å²) in [7, 11) is 0. The van der Waals surface area contributed by atoms with Crippen LogP contribution in [0.1, 0.15) is 39.5 Å². The zero-order chi connectivity index (χ0) is 9.40. The van der Waals surface area contributed by atoms with E-state index in [1.807, 2.05) is 19.9 Å². The number of nitrogens with one attached hydrogen (secondary N) is 1. The van der Waals surface area contributed by atoms with Gasteiger partial charge in [-0.1, -0.05) is 20.3 Å². The molecule has 0 radical (unpaired) electrons. The molecule has 68 valence electrons. The van der Waals surface area contributed by atoms with Crippen LogP contribution in [0.3, 0.4) is 0 Å². The molecule has 0 aliphatic carbocycles. The van der Waals surface area contributed by atoms with Gasteiger partial charge in [0.15, 0.2) is 0 Å². The molecule has 3 nitrogen and oxygen atoms in total. The Morgan fingerprint density at radius 1 is 1.58 bits per heavy atom. The largest absolute Gasteiger partial charge is 0.340 e. The van der Waals surface area contributed by atoms with Crippen molar-refractivity contribution < 1.29 is 4.79 Å². The minimum absolute atomic E-state index is 0.00903. The molecule has 1 N–H and O–H groups in total. The summed E-state index contributed by atoms with van der Waals surface area (Å²) in [6, 6.07) is 1.72. The molecule has 1 atom stereocenters. The summed E-state index contributed by atoms with van der Waals surface area (Å²) >= 11 is 0. The lowest BCUT2D eigenvalue weighted by atomic mass is 10.2. The third-order valence-electron chi connectivity index (χ3n) is 1.66. The van der Waals surface area contributed by atoms with Crippen molar-refractivity contribution in [1.82, 2.24) is 5.32 Å². The van der Waals surface area contributed by atoms with Gasteiger partial charge in [-0.3, -0.25) is 4.79 Å². The Balaban J connectivity index is 3.61. The van der Waals surface area contributed by atoms with Crippen LogP contribution in [0.15, 0.2) is 0 Å². The zero-order valence-corrected chi connectivity index (χ0v) is 7.76. The highest BCUT2D eigenvalue weighted by Gasteiger charge is 2.07. The van der Waals surface area contributed by atoms with E-state index in [1.54, 1.807) is 0 Å². The number of nitriles is 1. The van der Waals surface area contributed by atoms with E-state index in [1.165, 1.54) is 0 Å². The topological polar surface area (TPSA) is 52.9 Å². The van der Waals surface area contributed by atoms with E-state index in [2.05, 4.69) is 5.32 Å². The first-order chi connectivity index (χ1) is 5.74. The third kappa shape index (κ3) is 4.73. The summed E-state index contributed by atoms with van der Waals surface area (Å²) in [5, 5.41) is 11.2. The summed E-state index contributed by atoms with van der Waals surface area (Å²) < 4.78 is 0. The summed E-state index contributed by atoms with van der Waals surface area (Å²) in [4.78, 5) is 11.1. The molecule has 0 heterocycles. The average Bonchev–Trinajstić information content (AvgIpc) is 2.10. The summed E-state index contributed by atoms with van der Waals surface area (Å²) in [5.41, 5.74) is 0. The van der Waals surface area contributed by atoms with E-state index in [4.69, 9.17) is 5.26 Å². The van der Waals surface area contributed by atoms with Crippen molar-refractivity contribution >= 4 is 5.91 Å². The molecule has 3 heteroatoms. The first kappa shape index (κ1) is 11.0. The Kier molecular flexibility index (Phi) is 6.08. The molecule has 0 rings (SSSR count). The Labute approximate surface area is 73.8 Å². The van der Waals surface area contributed by atoms with Crippen LogP contribution >= 0.6 is 0 Å². The predicted octanol–water partition coefficient (Wildman–Crippen LogP) is 1.59. The number of amides is 1. The highest BCUT2D eigenvalue weighted by molar-refractivity contribution is 5.76. The molecule has 0 saturated heterocycles. The molecule has 1 amide bonds. The summed E-state index contributed by atoms with van der Waals surface area (Å²) in [6.45, 7) is 3.92. The molecule has 0 aromatic heterocycles. The number of nitrogens with zero attached hydrogens (tertiary/aromatic N) is 1. The molecule has 0 aromatic carbocycles. The SMILES string of the molecule is CCCCC(=O)NC(C#N)CC. The molecular formula is C9H16N2O. The molecule has 0 spiro atoms. The van der Waals surface area contributed by atoms with Crippen molar-refractivity contribution in [3.05, 3.63) is 0 Å². The van der Waals surface area contributed by atoms with Crippen LogP contribution in [0.5, 0.6) is 0 Å². The van der Waals surface area contributed by atoms with Gasteiger partial charge in [0, 0.05) is 6.42 Å². The lowest BCUT2D eigenvalue weighted by molar-refractivity contribution is -0.121. The van der Waals surface area contributed by atoms with Crippen LogP contribution in [0.2, 0.25) is 0 Å². The van der Waals surface area contributed by atoms with Crippen molar-refractivity contribution in [2.24, 2.45) is 0 Å². The first-order valence-electron chi connectivity index (χ1n) is 4.43. The standard InChI is InChI=1S/C9H16N2O/c1-3-5-6-9(12)11-8(4-2)7-10/h8H,3-6H2,1-2H3,(H,11,12). The van der Waals surface area contributed by atoms with E-state index in [0.29, 0.717) is 12.8 Å². The minimum Gasteiger partial charge on any atom is -0.340 e. The highest BCUT2D eigenvalue weighted by Crippen LogP contribution is 1.95. The molecule has 1 unspecified atom stereocenters. The van der Waals surface area contributed by atoms with E-state index < -0.39 is 0 Å². The number of hydrogen-bond donors (Lipinski definition) is 1. The lowest BCUT2D eigenvalue weighted by Gasteiger charge is -2.07. The van der Waals surface area contributed by atoms with Gasteiger partial charge in [-0.15, -0.1) is 0 Å². The van der Waals surface area contributed by atoms with E-state index >= 15 is 0 Å². The smallest absolute Gasteiger partial charge is 0.221 e. The maximum absolute atomic E-state index is 11.1. The number of unbranched alkanes of at least 4 members (excludes halogenated alkanes) is 1. The van der Waals surface area contributed by atoms with Crippen molar-refractivity contribution in [2.45, 2.75) is 45.6 Å². The van der Waals surface area contributed by atoms with Crippen LogP contribution in [0.4, 0.5) is 0 Å². The molecule has 0 aromatic rings. The zero-order valence-electron chi connectivity index (χ0n) is 7.76. The van der Waals surface area contributed by atoms with Crippen LogP contribution < -0.4 is 5.32 Å². The molecule has 0 aliphatic rings. The van der Waals surface area contributed by atoms with Crippen molar-refractivity contribution in [2.75, 3.05) is 0 Å². The van der Waals surface area contributed by atoms with Gasteiger partial charge in [0.1, 0.15) is 6.04 Å². The Morgan fingerprint density at radius 3 is 2.67 bits per heavy atom. The average molecular weight is 168 g/mol. The van der Waals surface area contributed by atoms with Gasteiger partial charge < -0.3 is 5.32 Å². The first-order valence-corrected chi connectivity index (χ1v) is 4.43. The Hall–Kier alpha value is -1.04. The maximum atomic E-state index is 11.1. The van der Waals surface area contributed by atoms with Crippen molar-refractivity contribution in [1.29, 1.82) is 5.26 Å². The number of hydrogen-bond acceptors (Lipinski definition) is 2. The predicted molar refractivity (Wildman–Crippen MR) is 47.4 cm³/mol. The summed E-state index contributed by atoms with van der Waals surface area (Å²) in [6.07, 6.45) is 3.12. The second-order valence-corrected chi connectivity index (χ2v) is 2.76. The van der Waals surface area contributed by atoms with E-state index in [-0.39, 0.29) is 11.9 Å².